The molecule has 0 bridgehead atoms. The molecule has 0 saturated heterocycles. The van der Waals surface area contributed by atoms with Crippen LogP contribution < -0.4 is 0 Å². The second-order valence-corrected chi connectivity index (χ2v) is 6.97. The van der Waals surface area contributed by atoms with Gasteiger partial charge >= 0.3 is 0 Å². The zero-order valence-electron chi connectivity index (χ0n) is 10.2. The molecule has 19 heavy (non-hydrogen) atoms. The molecule has 2 aromatic rings. The monoisotopic (exact) mass is 354 g/mol. The Morgan fingerprint density at radius 2 is 1.89 bits per heavy atom. The molecule has 1 aliphatic carbocycles. The molecule has 0 aromatic heterocycles. The quantitative estimate of drug-likeness (QED) is 0.625. The van der Waals surface area contributed by atoms with E-state index in [1.807, 2.05) is 18.2 Å². The summed E-state index contributed by atoms with van der Waals surface area (Å²) < 4.78 is 0. The van der Waals surface area contributed by atoms with E-state index < -0.39 is 0 Å². The smallest absolute Gasteiger partial charge is 0.0595 e. The third-order valence-electron chi connectivity index (χ3n) is 3.75. The minimum atomic E-state index is 0.444. The average molecular weight is 356 g/mol. The first-order chi connectivity index (χ1) is 9.15. The van der Waals surface area contributed by atoms with Crippen LogP contribution in [-0.2, 0) is 12.8 Å². The summed E-state index contributed by atoms with van der Waals surface area (Å²) in [4.78, 5) is 0.444. The van der Waals surface area contributed by atoms with Crippen molar-refractivity contribution in [3.63, 3.8) is 0 Å². The molecule has 0 radical (unpaired) electrons. The summed E-state index contributed by atoms with van der Waals surface area (Å²) >= 11 is 15.8. The van der Waals surface area contributed by atoms with Crippen LogP contribution in [0.25, 0.3) is 0 Å². The molecule has 0 heterocycles. The summed E-state index contributed by atoms with van der Waals surface area (Å²) in [6.07, 6.45) is 2.13. The number of benzene rings is 2. The molecule has 0 fully saturated rings. The van der Waals surface area contributed by atoms with E-state index in [-0.39, 0.29) is 0 Å². The lowest BCUT2D eigenvalue weighted by Crippen LogP contribution is -2.26. The molecule has 0 aliphatic heterocycles. The van der Waals surface area contributed by atoms with Crippen molar-refractivity contribution >= 4 is 39.1 Å². The van der Waals surface area contributed by atoms with Crippen molar-refractivity contribution in [2.45, 2.75) is 23.6 Å². The Kier molecular flexibility index (Phi) is 3.88. The number of rotatable bonds is 3. The first-order valence-corrected chi connectivity index (χ1v) is 7.98. The summed E-state index contributed by atoms with van der Waals surface area (Å²) in [6.45, 7) is 0. The van der Waals surface area contributed by atoms with Gasteiger partial charge in [-0.25, -0.2) is 0 Å². The Hall–Kier alpha value is -0.500. The van der Waals surface area contributed by atoms with E-state index in [0.29, 0.717) is 20.8 Å². The van der Waals surface area contributed by atoms with Crippen molar-refractivity contribution < 1.29 is 0 Å². The second kappa shape index (κ2) is 5.47. The molecule has 0 saturated carbocycles. The minimum absolute atomic E-state index is 0.444. The van der Waals surface area contributed by atoms with Crippen LogP contribution in [0.4, 0.5) is 0 Å². The van der Waals surface area contributed by atoms with Gasteiger partial charge in [0.05, 0.1) is 10.0 Å². The first-order valence-electron chi connectivity index (χ1n) is 6.31. The third-order valence-corrected chi connectivity index (χ3v) is 5.45. The van der Waals surface area contributed by atoms with Gasteiger partial charge in [0.2, 0.25) is 0 Å². The van der Waals surface area contributed by atoms with E-state index in [4.69, 9.17) is 23.2 Å². The van der Waals surface area contributed by atoms with Gasteiger partial charge in [-0.05, 0) is 41.7 Å². The summed E-state index contributed by atoms with van der Waals surface area (Å²) in [5.41, 5.74) is 4.18. The summed E-state index contributed by atoms with van der Waals surface area (Å²) in [5.74, 6) is 0.602. The highest BCUT2D eigenvalue weighted by molar-refractivity contribution is 9.09. The Bertz CT molecular complexity index is 609. The van der Waals surface area contributed by atoms with Crippen LogP contribution in [0.1, 0.15) is 22.6 Å². The molecular weight excluding hydrogens is 343 g/mol. The largest absolute Gasteiger partial charge is 0.0880 e. The summed E-state index contributed by atoms with van der Waals surface area (Å²) in [6, 6.07) is 14.5. The van der Waals surface area contributed by atoms with E-state index in [1.165, 1.54) is 16.7 Å². The number of hydrogen-bond acceptors (Lipinski definition) is 0. The van der Waals surface area contributed by atoms with Crippen LogP contribution in [0, 0.1) is 0 Å². The highest BCUT2D eigenvalue weighted by Crippen LogP contribution is 2.41. The molecular formula is C16H13BrCl2. The van der Waals surface area contributed by atoms with Gasteiger partial charge in [-0.1, -0.05) is 69.5 Å². The van der Waals surface area contributed by atoms with Gasteiger partial charge in [0.15, 0.2) is 0 Å². The predicted molar refractivity (Wildman–Crippen MR) is 85.8 cm³/mol. The Morgan fingerprint density at radius 3 is 2.63 bits per heavy atom. The lowest BCUT2D eigenvalue weighted by Gasteiger charge is -2.34. The fourth-order valence-electron chi connectivity index (χ4n) is 2.65. The van der Waals surface area contributed by atoms with Crippen LogP contribution in [0.2, 0.25) is 10.0 Å². The lowest BCUT2D eigenvalue weighted by molar-refractivity contribution is 0.581. The van der Waals surface area contributed by atoms with E-state index in [9.17, 15) is 0 Å². The van der Waals surface area contributed by atoms with Crippen molar-refractivity contribution in [1.82, 2.24) is 0 Å². The normalized spacial score (nSPS) is 18.6. The summed E-state index contributed by atoms with van der Waals surface area (Å²) in [5, 5.41) is 1.25. The maximum absolute atomic E-state index is 6.06. The number of fused-ring (bicyclic) bond motifs is 1. The number of hydrogen-bond donors (Lipinski definition) is 0. The van der Waals surface area contributed by atoms with E-state index in [1.54, 1.807) is 0 Å². The van der Waals surface area contributed by atoms with Crippen molar-refractivity contribution in [2.24, 2.45) is 0 Å². The first kappa shape index (κ1) is 13.5. The molecule has 0 nitrogen and oxygen atoms in total. The van der Waals surface area contributed by atoms with Gasteiger partial charge in [-0.15, -0.1) is 0 Å². The number of alkyl halides is 1. The standard InChI is InChI=1S/C16H13BrCl2/c17-14(7-10-5-6-15(18)16(19)8-10)13-9-11-3-1-2-4-12(11)13/h1-6,8,13-14H,7,9H2. The molecule has 1 aliphatic rings. The molecule has 2 aromatic carbocycles. The molecule has 98 valence electrons. The fraction of sp³-hybridized carbons (Fsp3) is 0.250. The lowest BCUT2D eigenvalue weighted by atomic mass is 9.75. The maximum Gasteiger partial charge on any atom is 0.0595 e. The third kappa shape index (κ3) is 2.69. The van der Waals surface area contributed by atoms with Crippen LogP contribution in [0.15, 0.2) is 42.5 Å². The molecule has 0 spiro atoms. The topological polar surface area (TPSA) is 0 Å². The van der Waals surface area contributed by atoms with Crippen LogP contribution >= 0.6 is 39.1 Å². The summed E-state index contributed by atoms with van der Waals surface area (Å²) in [7, 11) is 0. The maximum atomic E-state index is 6.06. The van der Waals surface area contributed by atoms with Gasteiger partial charge in [0.1, 0.15) is 0 Å². The van der Waals surface area contributed by atoms with Crippen molar-refractivity contribution in [2.75, 3.05) is 0 Å². The van der Waals surface area contributed by atoms with Crippen molar-refractivity contribution in [1.29, 1.82) is 0 Å². The van der Waals surface area contributed by atoms with Crippen LogP contribution in [0.3, 0.4) is 0 Å². The Labute approximate surface area is 131 Å². The van der Waals surface area contributed by atoms with Gasteiger partial charge < -0.3 is 0 Å². The zero-order chi connectivity index (χ0) is 13.4. The van der Waals surface area contributed by atoms with Crippen LogP contribution in [-0.4, -0.2) is 4.83 Å². The van der Waals surface area contributed by atoms with Gasteiger partial charge in [0, 0.05) is 10.7 Å². The molecule has 3 rings (SSSR count). The van der Waals surface area contributed by atoms with Gasteiger partial charge in [0.25, 0.3) is 0 Å². The van der Waals surface area contributed by atoms with Gasteiger partial charge in [-0.3, -0.25) is 0 Å². The predicted octanol–water partition coefficient (Wildman–Crippen LogP) is 5.64. The molecule has 2 unspecified atom stereocenters. The fourth-order valence-corrected chi connectivity index (χ4v) is 3.82. The minimum Gasteiger partial charge on any atom is -0.0880 e. The van der Waals surface area contributed by atoms with Crippen molar-refractivity contribution in [3.05, 3.63) is 69.2 Å². The molecule has 3 heteroatoms. The van der Waals surface area contributed by atoms with E-state index >= 15 is 0 Å². The molecule has 0 N–H and O–H groups in total. The zero-order valence-corrected chi connectivity index (χ0v) is 13.3. The van der Waals surface area contributed by atoms with Crippen molar-refractivity contribution in [3.8, 4) is 0 Å². The average Bonchev–Trinajstić information content (AvgIpc) is 2.35. The molecule has 0 amide bonds. The second-order valence-electron chi connectivity index (χ2n) is 4.98. The highest BCUT2D eigenvalue weighted by atomic mass is 79.9. The Balaban J connectivity index is 1.73. The van der Waals surface area contributed by atoms with Gasteiger partial charge in [-0.2, -0.15) is 0 Å². The van der Waals surface area contributed by atoms with E-state index in [2.05, 4.69) is 40.2 Å². The highest BCUT2D eigenvalue weighted by Gasteiger charge is 2.31. The van der Waals surface area contributed by atoms with Crippen LogP contribution in [0.5, 0.6) is 0 Å². The Morgan fingerprint density at radius 1 is 1.11 bits per heavy atom. The van der Waals surface area contributed by atoms with E-state index in [0.717, 1.165) is 12.8 Å². The molecule has 2 atom stereocenters. The number of halogens is 3. The SMILES string of the molecule is Clc1ccc(CC(Br)C2Cc3ccccc32)cc1Cl.